The number of fused-ring (bicyclic) bond motifs is 4. The zero-order valence-electron chi connectivity index (χ0n) is 25.5. The van der Waals surface area contributed by atoms with Gasteiger partial charge in [-0.25, -0.2) is 0 Å². The average Bonchev–Trinajstić information content (AvgIpc) is 3.21. The molecule has 0 aromatic carbocycles. The summed E-state index contributed by atoms with van der Waals surface area (Å²) in [6.45, 7) is 16.3. The number of hydrogen-bond acceptors (Lipinski definition) is 6. The molecule has 2 spiro atoms. The summed E-state index contributed by atoms with van der Waals surface area (Å²) >= 11 is 0. The fourth-order valence-electron chi connectivity index (χ4n) is 12.5. The largest absolute Gasteiger partial charge is 0.462 e. The van der Waals surface area contributed by atoms with Crippen LogP contribution in [0.5, 0.6) is 0 Å². The lowest BCUT2D eigenvalue weighted by Crippen LogP contribution is -2.55. The summed E-state index contributed by atoms with van der Waals surface area (Å²) in [7, 11) is 0. The SMILES string of the molecule is CC(=O)OC(C1CCC2C(CC3C4CCC5C(C)(C)C(OC(C)=O)CCC56C(C)C46CCC23C)O1)C(C)(C)O. The molecule has 0 amide bonds. The predicted molar refractivity (Wildman–Crippen MR) is 147 cm³/mol. The number of aliphatic hydroxyl groups is 1. The van der Waals surface area contributed by atoms with Gasteiger partial charge < -0.3 is 19.3 Å². The number of rotatable bonds is 4. The van der Waals surface area contributed by atoms with Gasteiger partial charge in [0.1, 0.15) is 6.10 Å². The van der Waals surface area contributed by atoms with Crippen LogP contribution in [0.4, 0.5) is 0 Å². The van der Waals surface area contributed by atoms with Crippen LogP contribution in [-0.2, 0) is 23.8 Å². The first kappa shape index (κ1) is 28.0. The van der Waals surface area contributed by atoms with Crippen LogP contribution in [0.1, 0.15) is 113 Å². The van der Waals surface area contributed by atoms with Gasteiger partial charge in [-0.1, -0.05) is 27.7 Å². The van der Waals surface area contributed by atoms with Crippen molar-refractivity contribution in [2.45, 2.75) is 143 Å². The van der Waals surface area contributed by atoms with Gasteiger partial charge in [0.05, 0.1) is 17.8 Å². The molecular formula is C33H52O6. The lowest BCUT2D eigenvalue weighted by Gasteiger charge is -2.59. The molecule has 1 N–H and O–H groups in total. The van der Waals surface area contributed by atoms with E-state index in [1.165, 1.54) is 39.0 Å². The number of esters is 2. The van der Waals surface area contributed by atoms with E-state index in [0.717, 1.165) is 37.5 Å². The van der Waals surface area contributed by atoms with Gasteiger partial charge in [-0.2, -0.15) is 0 Å². The Balaban J connectivity index is 1.25. The second-order valence-corrected chi connectivity index (χ2v) is 15.9. The summed E-state index contributed by atoms with van der Waals surface area (Å²) in [6, 6.07) is 0. The molecule has 6 rings (SSSR count). The molecule has 1 saturated heterocycles. The molecule has 0 radical (unpaired) electrons. The average molecular weight is 545 g/mol. The van der Waals surface area contributed by atoms with Crippen molar-refractivity contribution in [3.05, 3.63) is 0 Å². The van der Waals surface area contributed by atoms with Crippen LogP contribution in [0.25, 0.3) is 0 Å². The molecule has 1 heterocycles. The van der Waals surface area contributed by atoms with Crippen molar-refractivity contribution in [3.8, 4) is 0 Å². The van der Waals surface area contributed by atoms with Crippen molar-refractivity contribution in [1.29, 1.82) is 0 Å². The zero-order chi connectivity index (χ0) is 28.3. The zero-order valence-corrected chi connectivity index (χ0v) is 25.5. The van der Waals surface area contributed by atoms with Gasteiger partial charge >= 0.3 is 11.9 Å². The first-order valence-corrected chi connectivity index (χ1v) is 15.8. The van der Waals surface area contributed by atoms with Crippen LogP contribution in [0.15, 0.2) is 0 Å². The van der Waals surface area contributed by atoms with Gasteiger partial charge in [-0.15, -0.1) is 0 Å². The Morgan fingerprint density at radius 1 is 0.897 bits per heavy atom. The van der Waals surface area contributed by atoms with E-state index in [4.69, 9.17) is 14.2 Å². The summed E-state index contributed by atoms with van der Waals surface area (Å²) in [5, 5.41) is 10.8. The molecule has 6 heteroatoms. The molecule has 1 aliphatic heterocycles. The van der Waals surface area contributed by atoms with Gasteiger partial charge in [-0.3, -0.25) is 9.59 Å². The molecule has 39 heavy (non-hydrogen) atoms. The molecule has 5 saturated carbocycles. The van der Waals surface area contributed by atoms with E-state index >= 15 is 0 Å². The van der Waals surface area contributed by atoms with Gasteiger partial charge in [0, 0.05) is 19.3 Å². The summed E-state index contributed by atoms with van der Waals surface area (Å²) in [5.41, 5.74) is -0.0443. The van der Waals surface area contributed by atoms with E-state index in [1.54, 1.807) is 20.8 Å². The van der Waals surface area contributed by atoms with Crippen molar-refractivity contribution in [2.24, 2.45) is 51.2 Å². The summed E-state index contributed by atoms with van der Waals surface area (Å²) in [5.74, 6) is 2.76. The molecule has 5 aliphatic carbocycles. The molecule has 12 atom stereocenters. The number of ether oxygens (including phenoxy) is 3. The maximum Gasteiger partial charge on any atom is 0.303 e. The van der Waals surface area contributed by atoms with Crippen LogP contribution in [0.3, 0.4) is 0 Å². The lowest BCUT2D eigenvalue weighted by atomic mass is 9.46. The molecule has 220 valence electrons. The second kappa shape index (κ2) is 8.69. The topological polar surface area (TPSA) is 82.1 Å². The molecule has 6 fully saturated rings. The number of carbonyl (C=O) groups is 2. The van der Waals surface area contributed by atoms with Crippen LogP contribution in [0, 0.1) is 51.2 Å². The van der Waals surface area contributed by atoms with E-state index in [9.17, 15) is 14.7 Å². The highest BCUT2D eigenvalue weighted by molar-refractivity contribution is 5.66. The van der Waals surface area contributed by atoms with Gasteiger partial charge in [0.25, 0.3) is 0 Å². The Hall–Kier alpha value is -1.14. The van der Waals surface area contributed by atoms with Crippen LogP contribution >= 0.6 is 0 Å². The highest BCUT2D eigenvalue weighted by Gasteiger charge is 2.84. The minimum Gasteiger partial charge on any atom is -0.462 e. The highest BCUT2D eigenvalue weighted by atomic mass is 16.6. The third kappa shape index (κ3) is 3.64. The van der Waals surface area contributed by atoms with E-state index in [2.05, 4.69) is 27.7 Å². The Labute approximate surface area is 235 Å². The third-order valence-electron chi connectivity index (χ3n) is 13.9. The summed E-state index contributed by atoms with van der Waals surface area (Å²) in [4.78, 5) is 23.8. The predicted octanol–water partition coefficient (Wildman–Crippen LogP) is 6.07. The Bertz CT molecular complexity index is 1030. The van der Waals surface area contributed by atoms with Crippen molar-refractivity contribution in [2.75, 3.05) is 0 Å². The van der Waals surface area contributed by atoms with Crippen molar-refractivity contribution in [3.63, 3.8) is 0 Å². The third-order valence-corrected chi connectivity index (χ3v) is 13.9. The normalized spacial score (nSPS) is 50.3. The molecule has 0 bridgehead atoms. The number of hydrogen-bond donors (Lipinski definition) is 1. The van der Waals surface area contributed by atoms with Crippen molar-refractivity contribution >= 4 is 11.9 Å². The van der Waals surface area contributed by atoms with E-state index in [-0.39, 0.29) is 41.1 Å². The molecule has 6 aliphatic rings. The number of carbonyl (C=O) groups excluding carboxylic acids is 2. The van der Waals surface area contributed by atoms with Gasteiger partial charge in [0.15, 0.2) is 6.10 Å². The molecule has 0 aromatic rings. The standard InChI is InChI=1S/C33H52O6/c1-18-32-16-15-31(8)22-9-11-24(28(30(6,7)36)38-20(3)35)39-25(22)17-23(31)21(32)10-12-26-29(4,5)27(37-19(2)34)13-14-33(18,26)32/h18,21-28,36H,9-17H2,1-8H3. The highest BCUT2D eigenvalue weighted by Crippen LogP contribution is 2.89. The first-order chi connectivity index (χ1) is 18.1. The van der Waals surface area contributed by atoms with E-state index in [0.29, 0.717) is 28.6 Å². The minimum absolute atomic E-state index is 0.0101. The van der Waals surface area contributed by atoms with Crippen molar-refractivity contribution in [1.82, 2.24) is 0 Å². The Kier molecular flexibility index (Phi) is 6.24. The molecule has 12 unspecified atom stereocenters. The second-order valence-electron chi connectivity index (χ2n) is 15.9. The Morgan fingerprint density at radius 3 is 2.23 bits per heavy atom. The quantitative estimate of drug-likeness (QED) is 0.433. The molecule has 6 nitrogen and oxygen atoms in total. The summed E-state index contributed by atoms with van der Waals surface area (Å²) in [6.07, 6.45) is 9.60. The smallest absolute Gasteiger partial charge is 0.303 e. The monoisotopic (exact) mass is 544 g/mol. The molecular weight excluding hydrogens is 492 g/mol. The molecule has 0 aromatic heterocycles. The van der Waals surface area contributed by atoms with Gasteiger partial charge in [0.2, 0.25) is 0 Å². The van der Waals surface area contributed by atoms with Crippen molar-refractivity contribution < 1.29 is 28.9 Å². The van der Waals surface area contributed by atoms with Gasteiger partial charge in [-0.05, 0) is 117 Å². The van der Waals surface area contributed by atoms with Crippen LogP contribution in [-0.4, -0.2) is 47.1 Å². The van der Waals surface area contributed by atoms with Crippen LogP contribution < -0.4 is 0 Å². The fourth-order valence-corrected chi connectivity index (χ4v) is 12.5. The minimum atomic E-state index is -1.14. The first-order valence-electron chi connectivity index (χ1n) is 15.8. The lowest BCUT2D eigenvalue weighted by molar-refractivity contribution is -0.200. The summed E-state index contributed by atoms with van der Waals surface area (Å²) < 4.78 is 18.4. The Morgan fingerprint density at radius 2 is 1.59 bits per heavy atom. The maximum atomic E-state index is 11.9. The maximum absolute atomic E-state index is 11.9. The van der Waals surface area contributed by atoms with E-state index in [1.807, 2.05) is 0 Å². The fraction of sp³-hybridized carbons (Fsp3) is 0.939. The van der Waals surface area contributed by atoms with Crippen LogP contribution in [0.2, 0.25) is 0 Å². The van der Waals surface area contributed by atoms with E-state index < -0.39 is 11.7 Å².